The number of benzene rings is 4. The summed E-state index contributed by atoms with van der Waals surface area (Å²) in [5.74, 6) is 5.85. The molecule has 0 radical (unpaired) electrons. The highest BCUT2D eigenvalue weighted by Gasteiger charge is 2.53. The van der Waals surface area contributed by atoms with E-state index in [1.165, 1.54) is 22.8 Å². The van der Waals surface area contributed by atoms with Crippen molar-refractivity contribution in [1.82, 2.24) is 0 Å². The van der Waals surface area contributed by atoms with Crippen LogP contribution in [0.4, 0.5) is 0 Å². The van der Waals surface area contributed by atoms with E-state index < -0.39 is 35.4 Å². The lowest BCUT2D eigenvalue weighted by Crippen LogP contribution is -2.54. The number of fused-ring (bicyclic) bond motifs is 7. The van der Waals surface area contributed by atoms with E-state index in [0.29, 0.717) is 53.5 Å². The van der Waals surface area contributed by atoms with Gasteiger partial charge < -0.3 is 23.7 Å². The summed E-state index contributed by atoms with van der Waals surface area (Å²) in [5, 5.41) is 10.8. The molecule has 0 saturated carbocycles. The Kier molecular flexibility index (Phi) is 10.9. The summed E-state index contributed by atoms with van der Waals surface area (Å²) in [4.78, 5) is 41.4. The zero-order chi connectivity index (χ0) is 39.5. The molecular formula is C49H46O8. The fraction of sp³-hybridized carbons (Fsp3) is 0.327. The highest BCUT2D eigenvalue weighted by atomic mass is 16.6. The van der Waals surface area contributed by atoms with Crippen LogP contribution in [-0.4, -0.2) is 35.4 Å². The summed E-state index contributed by atoms with van der Waals surface area (Å²) in [6.45, 7) is 3.19. The van der Waals surface area contributed by atoms with Crippen LogP contribution in [-0.2, 0) is 51.2 Å². The van der Waals surface area contributed by atoms with E-state index in [2.05, 4.69) is 78.6 Å². The average Bonchev–Trinajstić information content (AvgIpc) is 3.20. The van der Waals surface area contributed by atoms with Crippen molar-refractivity contribution in [2.45, 2.75) is 89.4 Å². The number of carbonyl (C=O) groups excluding carboxylic acids is 2. The molecule has 0 amide bonds. The molecule has 0 spiro atoms. The first kappa shape index (κ1) is 38.0. The molecule has 57 heavy (non-hydrogen) atoms. The molecule has 1 aromatic heterocycles. The molecule has 8 heteroatoms. The number of esters is 2. The Morgan fingerprint density at radius 1 is 0.825 bits per heavy atom. The van der Waals surface area contributed by atoms with E-state index in [4.69, 9.17) is 18.6 Å². The third kappa shape index (κ3) is 8.31. The maximum Gasteiger partial charge on any atom is 0.336 e. The van der Waals surface area contributed by atoms with Gasteiger partial charge in [0.2, 0.25) is 0 Å². The summed E-state index contributed by atoms with van der Waals surface area (Å²) >= 11 is 0. The van der Waals surface area contributed by atoms with Crippen LogP contribution < -0.4 is 10.4 Å². The highest BCUT2D eigenvalue weighted by Crippen LogP contribution is 2.48. The summed E-state index contributed by atoms with van der Waals surface area (Å²) in [7, 11) is 0. The number of hydrogen-bond donors (Lipinski definition) is 1. The topological polar surface area (TPSA) is 112 Å². The predicted octanol–water partition coefficient (Wildman–Crippen LogP) is 8.12. The van der Waals surface area contributed by atoms with E-state index in [1.54, 1.807) is 32.0 Å². The molecule has 0 fully saturated rings. The van der Waals surface area contributed by atoms with Crippen LogP contribution in [0.25, 0.3) is 11.0 Å². The first-order valence-electron chi connectivity index (χ1n) is 19.8. The Hall–Kier alpha value is -5.91. The van der Waals surface area contributed by atoms with Gasteiger partial charge >= 0.3 is 17.6 Å². The minimum Gasteiger partial charge on any atom is -0.482 e. The first-order valence-corrected chi connectivity index (χ1v) is 19.8. The lowest BCUT2D eigenvalue weighted by Gasteiger charge is -2.44. The van der Waals surface area contributed by atoms with Gasteiger partial charge in [0.15, 0.2) is 17.8 Å². The lowest BCUT2D eigenvalue weighted by atomic mass is 9.83. The minimum absolute atomic E-state index is 0.0948. The predicted molar refractivity (Wildman–Crippen MR) is 217 cm³/mol. The SMILES string of the molecule is CC(CO)=C1CCc2ccc3c(c2)CC#CCC2(C)Oc4ccc5ccc(=O)oc5c4C(OC(=O)CC(CCc4cccc(Cc5ccccc5)c4)C3)C2OC1=O. The number of aryl methyl sites for hydroxylation is 2. The van der Waals surface area contributed by atoms with Crippen molar-refractivity contribution >= 4 is 22.9 Å². The van der Waals surface area contributed by atoms with Gasteiger partial charge in [0, 0.05) is 29.9 Å². The molecule has 0 aliphatic carbocycles. The second-order valence-electron chi connectivity index (χ2n) is 15.8. The fourth-order valence-corrected chi connectivity index (χ4v) is 8.46. The summed E-state index contributed by atoms with van der Waals surface area (Å²) in [5.41, 5.74) is 6.42. The van der Waals surface area contributed by atoms with Crippen LogP contribution in [0.5, 0.6) is 5.75 Å². The van der Waals surface area contributed by atoms with Gasteiger partial charge in [-0.25, -0.2) is 9.59 Å². The van der Waals surface area contributed by atoms with Gasteiger partial charge in [-0.15, -0.1) is 0 Å². The molecule has 4 heterocycles. The molecule has 1 N–H and O–H groups in total. The monoisotopic (exact) mass is 762 g/mol. The first-order chi connectivity index (χ1) is 27.7. The normalized spacial score (nSPS) is 22.8. The fourth-order valence-electron chi connectivity index (χ4n) is 8.46. The van der Waals surface area contributed by atoms with Gasteiger partial charge in [-0.1, -0.05) is 84.6 Å². The van der Waals surface area contributed by atoms with E-state index >= 15 is 0 Å². The molecule has 4 atom stereocenters. The summed E-state index contributed by atoms with van der Waals surface area (Å²) in [6, 6.07) is 31.9. The third-order valence-electron chi connectivity index (χ3n) is 11.6. The second-order valence-corrected chi connectivity index (χ2v) is 15.8. The molecule has 8 rings (SSSR count). The van der Waals surface area contributed by atoms with Gasteiger partial charge in [0.25, 0.3) is 0 Å². The molecule has 5 bridgehead atoms. The van der Waals surface area contributed by atoms with Crippen LogP contribution in [0.15, 0.2) is 117 Å². The van der Waals surface area contributed by atoms with E-state index in [0.717, 1.165) is 36.0 Å². The van der Waals surface area contributed by atoms with Gasteiger partial charge in [-0.2, -0.15) is 0 Å². The number of ether oxygens (including phenoxy) is 3. The molecule has 3 aliphatic heterocycles. The van der Waals surface area contributed by atoms with Crippen molar-refractivity contribution in [2.75, 3.05) is 6.61 Å². The molecule has 5 aromatic rings. The zero-order valence-electron chi connectivity index (χ0n) is 32.3. The zero-order valence-corrected chi connectivity index (χ0v) is 32.3. The van der Waals surface area contributed by atoms with Gasteiger partial charge in [0.1, 0.15) is 11.3 Å². The van der Waals surface area contributed by atoms with Crippen LogP contribution in [0.3, 0.4) is 0 Å². The average molecular weight is 763 g/mol. The van der Waals surface area contributed by atoms with E-state index in [9.17, 15) is 19.5 Å². The number of aliphatic hydroxyl groups is 1. The second kappa shape index (κ2) is 16.3. The van der Waals surface area contributed by atoms with Crippen molar-refractivity contribution < 1.29 is 33.3 Å². The Morgan fingerprint density at radius 3 is 2.47 bits per heavy atom. The lowest BCUT2D eigenvalue weighted by molar-refractivity contribution is -0.190. The molecule has 4 aromatic carbocycles. The van der Waals surface area contributed by atoms with Crippen molar-refractivity contribution in [1.29, 1.82) is 0 Å². The largest absolute Gasteiger partial charge is 0.482 e. The van der Waals surface area contributed by atoms with Crippen molar-refractivity contribution in [2.24, 2.45) is 5.92 Å². The number of carbonyl (C=O) groups is 2. The van der Waals surface area contributed by atoms with Crippen LogP contribution in [0.2, 0.25) is 0 Å². The molecule has 290 valence electrons. The number of aliphatic hydroxyl groups excluding tert-OH is 1. The minimum atomic E-state index is -1.27. The van der Waals surface area contributed by atoms with Gasteiger partial charge in [-0.3, -0.25) is 4.79 Å². The van der Waals surface area contributed by atoms with E-state index in [-0.39, 0.29) is 30.9 Å². The maximum absolute atomic E-state index is 14.5. The molecular weight excluding hydrogens is 717 g/mol. The summed E-state index contributed by atoms with van der Waals surface area (Å²) in [6.07, 6.45) is 2.21. The molecule has 3 aliphatic rings. The quantitative estimate of drug-likeness (QED) is 0.0800. The number of hydrogen-bond acceptors (Lipinski definition) is 8. The van der Waals surface area contributed by atoms with Crippen molar-refractivity contribution in [3.8, 4) is 17.6 Å². The molecule has 4 unspecified atom stereocenters. The van der Waals surface area contributed by atoms with Crippen LogP contribution in [0, 0.1) is 17.8 Å². The Bertz CT molecular complexity index is 2480. The maximum atomic E-state index is 14.5. The standard InChI is InChI=1S/C49H46O8/c1-31(30-50)40-21-17-34-16-18-39-28-36(15-14-33-11-8-12-35(26-33)25-32-9-4-3-5-10-32)29-43(52)55-46-44-41(22-19-37-20-23-42(51)54-45(37)44)57-49(2,47(46)56-48(40)53)24-7-6-13-38(39)27-34/h3-5,8-12,16,18-20,22-23,26-27,36,46-47,50H,13-15,17,21,24-25,28-30H2,1-2H3. The van der Waals surface area contributed by atoms with Gasteiger partial charge in [-0.05, 0) is 115 Å². The summed E-state index contributed by atoms with van der Waals surface area (Å²) < 4.78 is 25.4. The van der Waals surface area contributed by atoms with Crippen molar-refractivity contribution in [3.63, 3.8) is 0 Å². The Labute approximate surface area is 332 Å². The number of rotatable bonds is 6. The van der Waals surface area contributed by atoms with Crippen LogP contribution >= 0.6 is 0 Å². The van der Waals surface area contributed by atoms with E-state index in [1.807, 2.05) is 6.07 Å². The highest BCUT2D eigenvalue weighted by molar-refractivity contribution is 5.90. The smallest absolute Gasteiger partial charge is 0.336 e. The van der Waals surface area contributed by atoms with Gasteiger partial charge in [0.05, 0.1) is 18.6 Å². The Morgan fingerprint density at radius 2 is 1.63 bits per heavy atom. The molecule has 8 nitrogen and oxygen atoms in total. The van der Waals surface area contributed by atoms with Crippen LogP contribution in [0.1, 0.15) is 84.6 Å². The third-order valence-corrected chi connectivity index (χ3v) is 11.6. The van der Waals surface area contributed by atoms with Crippen molar-refractivity contribution in [3.05, 3.63) is 158 Å². The molecule has 0 saturated heterocycles. The Balaban J connectivity index is 1.22.